The molecule has 0 unspecified atom stereocenters. The summed E-state index contributed by atoms with van der Waals surface area (Å²) in [5.41, 5.74) is 5.22. The lowest BCUT2D eigenvalue weighted by Crippen LogP contribution is -2.56. The molecule has 0 saturated heterocycles. The molecule has 0 aromatic rings. The van der Waals surface area contributed by atoms with Crippen molar-refractivity contribution < 1.29 is 44.1 Å². The number of amides is 4. The second kappa shape index (κ2) is 13.9. The molecule has 31 heavy (non-hydrogen) atoms. The third-order valence-electron chi connectivity index (χ3n) is 4.25. The molecule has 0 aliphatic carbocycles. The van der Waals surface area contributed by atoms with Crippen LogP contribution in [0.5, 0.6) is 0 Å². The molecule has 4 atom stereocenters. The molecular weight excluding hydrogens is 418 g/mol. The molecule has 4 amide bonds. The maximum Gasteiger partial charge on any atom is 0.328 e. The minimum absolute atomic E-state index is 0.282. The van der Waals surface area contributed by atoms with Gasteiger partial charge >= 0.3 is 11.9 Å². The SMILES string of the molecule is CC[C@H](C)[C@H](NC(=O)CN)C(=O)NCC(=O)N[C@@H](CC(=O)O)C(=O)N[C@@H](CO)C(=O)O. The largest absolute Gasteiger partial charge is 0.481 e. The molecule has 0 aromatic heterocycles. The summed E-state index contributed by atoms with van der Waals surface area (Å²) in [6.45, 7) is 1.57. The zero-order chi connectivity index (χ0) is 24.1. The van der Waals surface area contributed by atoms with Crippen LogP contribution in [-0.4, -0.2) is 88.7 Å². The number of hydrogen-bond donors (Lipinski definition) is 8. The Morgan fingerprint density at radius 1 is 0.903 bits per heavy atom. The van der Waals surface area contributed by atoms with Crippen LogP contribution in [0.25, 0.3) is 0 Å². The number of aliphatic hydroxyl groups is 1. The van der Waals surface area contributed by atoms with E-state index >= 15 is 0 Å². The highest BCUT2D eigenvalue weighted by molar-refractivity contribution is 5.95. The average Bonchev–Trinajstić information content (AvgIpc) is 2.71. The van der Waals surface area contributed by atoms with Crippen LogP contribution in [0.1, 0.15) is 26.7 Å². The third-order valence-corrected chi connectivity index (χ3v) is 4.25. The molecule has 0 aromatic carbocycles. The number of carbonyl (C=O) groups excluding carboxylic acids is 4. The fourth-order valence-electron chi connectivity index (χ4n) is 2.30. The normalized spacial score (nSPS) is 14.3. The van der Waals surface area contributed by atoms with Crippen molar-refractivity contribution in [2.45, 2.75) is 44.8 Å². The van der Waals surface area contributed by atoms with Crippen LogP contribution < -0.4 is 27.0 Å². The predicted molar refractivity (Wildman–Crippen MR) is 104 cm³/mol. The van der Waals surface area contributed by atoms with E-state index in [4.69, 9.17) is 21.1 Å². The highest BCUT2D eigenvalue weighted by Crippen LogP contribution is 2.07. The fraction of sp³-hybridized carbons (Fsp3) is 0.647. The van der Waals surface area contributed by atoms with E-state index in [0.717, 1.165) is 0 Å². The topological polar surface area (TPSA) is 237 Å². The number of aliphatic hydroxyl groups excluding tert-OH is 1. The minimum atomic E-state index is -1.69. The molecule has 0 radical (unpaired) electrons. The van der Waals surface area contributed by atoms with Crippen molar-refractivity contribution in [2.24, 2.45) is 11.7 Å². The first-order chi connectivity index (χ1) is 14.5. The number of nitrogens with one attached hydrogen (secondary N) is 4. The Labute approximate surface area is 177 Å². The van der Waals surface area contributed by atoms with Crippen LogP contribution >= 0.6 is 0 Å². The van der Waals surface area contributed by atoms with E-state index in [2.05, 4.69) is 16.0 Å². The summed E-state index contributed by atoms with van der Waals surface area (Å²) in [6, 6.07) is -4.31. The number of rotatable bonds is 14. The van der Waals surface area contributed by atoms with E-state index in [1.807, 2.05) is 5.32 Å². The summed E-state index contributed by atoms with van der Waals surface area (Å²) in [5.74, 6) is -6.62. The number of aliphatic carboxylic acids is 2. The first kappa shape index (κ1) is 27.7. The summed E-state index contributed by atoms with van der Waals surface area (Å²) in [5, 5.41) is 35.4. The van der Waals surface area contributed by atoms with Crippen LogP contribution in [0.2, 0.25) is 0 Å². The van der Waals surface area contributed by atoms with Gasteiger partial charge in [-0.25, -0.2) is 4.79 Å². The van der Waals surface area contributed by atoms with Crippen molar-refractivity contribution in [3.63, 3.8) is 0 Å². The Morgan fingerprint density at radius 2 is 1.52 bits per heavy atom. The Morgan fingerprint density at radius 3 is 1.97 bits per heavy atom. The van der Waals surface area contributed by atoms with Gasteiger partial charge in [0, 0.05) is 0 Å². The number of nitrogens with two attached hydrogens (primary N) is 1. The zero-order valence-electron chi connectivity index (χ0n) is 17.2. The van der Waals surface area contributed by atoms with Gasteiger partial charge in [0.2, 0.25) is 23.6 Å². The molecule has 14 heteroatoms. The quantitative estimate of drug-likeness (QED) is 0.129. The number of carbonyl (C=O) groups is 6. The third kappa shape index (κ3) is 10.4. The van der Waals surface area contributed by atoms with Crippen molar-refractivity contribution in [3.05, 3.63) is 0 Å². The summed E-state index contributed by atoms with van der Waals surface area (Å²) in [4.78, 5) is 69.9. The van der Waals surface area contributed by atoms with Crippen LogP contribution in [0.4, 0.5) is 0 Å². The first-order valence-corrected chi connectivity index (χ1v) is 9.39. The van der Waals surface area contributed by atoms with Crippen molar-refractivity contribution in [2.75, 3.05) is 19.7 Å². The van der Waals surface area contributed by atoms with Crippen molar-refractivity contribution >= 4 is 35.6 Å². The van der Waals surface area contributed by atoms with Gasteiger partial charge in [-0.1, -0.05) is 20.3 Å². The molecule has 0 saturated carbocycles. The van der Waals surface area contributed by atoms with Gasteiger partial charge in [0.15, 0.2) is 0 Å². The molecule has 9 N–H and O–H groups in total. The molecule has 0 aliphatic heterocycles. The van der Waals surface area contributed by atoms with Gasteiger partial charge in [-0.15, -0.1) is 0 Å². The molecule has 0 fully saturated rings. The molecule has 0 rings (SSSR count). The van der Waals surface area contributed by atoms with E-state index < -0.39 is 73.3 Å². The first-order valence-electron chi connectivity index (χ1n) is 9.39. The van der Waals surface area contributed by atoms with Crippen LogP contribution in [0.15, 0.2) is 0 Å². The second-order valence-electron chi connectivity index (χ2n) is 6.65. The fourth-order valence-corrected chi connectivity index (χ4v) is 2.30. The van der Waals surface area contributed by atoms with Crippen LogP contribution in [0, 0.1) is 5.92 Å². The van der Waals surface area contributed by atoms with Gasteiger partial charge in [0.1, 0.15) is 18.1 Å². The van der Waals surface area contributed by atoms with E-state index in [1.165, 1.54) is 0 Å². The van der Waals surface area contributed by atoms with Crippen molar-refractivity contribution in [1.82, 2.24) is 21.3 Å². The van der Waals surface area contributed by atoms with E-state index in [9.17, 15) is 28.8 Å². The molecule has 0 spiro atoms. The molecule has 0 heterocycles. The smallest absolute Gasteiger partial charge is 0.328 e. The number of carboxylic acids is 2. The predicted octanol–water partition coefficient (Wildman–Crippen LogP) is -3.89. The van der Waals surface area contributed by atoms with Crippen LogP contribution in [0.3, 0.4) is 0 Å². The summed E-state index contributed by atoms with van der Waals surface area (Å²) < 4.78 is 0. The summed E-state index contributed by atoms with van der Waals surface area (Å²) in [6.07, 6.45) is -0.336. The highest BCUT2D eigenvalue weighted by atomic mass is 16.4. The Kier molecular flexibility index (Phi) is 12.4. The lowest BCUT2D eigenvalue weighted by Gasteiger charge is -2.23. The monoisotopic (exact) mass is 447 g/mol. The van der Waals surface area contributed by atoms with Crippen molar-refractivity contribution in [3.8, 4) is 0 Å². The summed E-state index contributed by atoms with van der Waals surface area (Å²) >= 11 is 0. The van der Waals surface area contributed by atoms with Crippen LogP contribution in [-0.2, 0) is 28.8 Å². The van der Waals surface area contributed by atoms with E-state index in [-0.39, 0.29) is 12.5 Å². The maximum absolute atomic E-state index is 12.3. The average molecular weight is 447 g/mol. The highest BCUT2D eigenvalue weighted by Gasteiger charge is 2.29. The maximum atomic E-state index is 12.3. The Balaban J connectivity index is 5.05. The molecule has 176 valence electrons. The standard InChI is InChI=1S/C17H29N5O9/c1-3-8(2)14(22-11(24)5-18)16(29)19-6-12(25)20-9(4-13(26)27)15(28)21-10(7-23)17(30)31/h8-10,14,23H,3-7,18H2,1-2H3,(H,19,29)(H,20,25)(H,21,28)(H,22,24)(H,26,27)(H,30,31)/t8-,9-,10-,14-/m0/s1. The van der Waals surface area contributed by atoms with Gasteiger partial charge < -0.3 is 42.3 Å². The minimum Gasteiger partial charge on any atom is -0.481 e. The van der Waals surface area contributed by atoms with E-state index in [0.29, 0.717) is 6.42 Å². The molecule has 0 aliphatic rings. The van der Waals surface area contributed by atoms with Gasteiger partial charge in [0.05, 0.1) is 26.1 Å². The lowest BCUT2D eigenvalue weighted by atomic mass is 9.98. The van der Waals surface area contributed by atoms with E-state index in [1.54, 1.807) is 13.8 Å². The second-order valence-corrected chi connectivity index (χ2v) is 6.65. The molecule has 14 nitrogen and oxygen atoms in total. The summed E-state index contributed by atoms with van der Waals surface area (Å²) in [7, 11) is 0. The van der Waals surface area contributed by atoms with Crippen molar-refractivity contribution in [1.29, 1.82) is 0 Å². The Bertz CT molecular complexity index is 685. The van der Waals surface area contributed by atoms with Gasteiger partial charge in [-0.3, -0.25) is 24.0 Å². The zero-order valence-corrected chi connectivity index (χ0v) is 17.2. The van der Waals surface area contributed by atoms with Gasteiger partial charge in [-0.05, 0) is 5.92 Å². The van der Waals surface area contributed by atoms with Gasteiger partial charge in [0.25, 0.3) is 0 Å². The Hall–Kier alpha value is -3.26. The van der Waals surface area contributed by atoms with Gasteiger partial charge in [-0.2, -0.15) is 0 Å². The molecule has 0 bridgehead atoms. The number of hydrogen-bond acceptors (Lipinski definition) is 8. The number of carboxylic acid groups (broad SMARTS) is 2. The lowest BCUT2D eigenvalue weighted by molar-refractivity contribution is -0.144. The molecular formula is C17H29N5O9.